The van der Waals surface area contributed by atoms with Gasteiger partial charge in [0.15, 0.2) is 0 Å². The number of hydrogen-bond acceptors (Lipinski definition) is 2. The standard InChI is InChI=1S/C10H14N2/c1-8-11(2)9-6-4-5-7-10(9)12(8)3/h4-7,9-10H,1H2,2-3H3. The molecule has 1 heterocycles. The molecule has 2 unspecified atom stereocenters. The number of hydrogen-bond donors (Lipinski definition) is 0. The lowest BCUT2D eigenvalue weighted by atomic mass is 10.0. The molecule has 64 valence electrons. The first kappa shape index (κ1) is 7.47. The highest BCUT2D eigenvalue weighted by atomic mass is 15.4. The summed E-state index contributed by atoms with van der Waals surface area (Å²) in [7, 11) is 4.18. The molecule has 2 atom stereocenters. The van der Waals surface area contributed by atoms with Gasteiger partial charge < -0.3 is 9.80 Å². The van der Waals surface area contributed by atoms with Crippen molar-refractivity contribution in [3.63, 3.8) is 0 Å². The highest BCUT2D eigenvalue weighted by Gasteiger charge is 2.35. The first-order valence-corrected chi connectivity index (χ1v) is 4.21. The van der Waals surface area contributed by atoms with Crippen molar-refractivity contribution in [1.82, 2.24) is 9.80 Å². The molecule has 0 aromatic rings. The molecule has 1 aliphatic carbocycles. The minimum absolute atomic E-state index is 0.479. The average Bonchev–Trinajstić information content (AvgIpc) is 2.33. The second-order valence-corrected chi connectivity index (χ2v) is 3.39. The monoisotopic (exact) mass is 162 g/mol. The predicted molar refractivity (Wildman–Crippen MR) is 50.5 cm³/mol. The molecule has 0 N–H and O–H groups in total. The molecule has 0 aromatic heterocycles. The molecule has 0 bridgehead atoms. The molecular weight excluding hydrogens is 148 g/mol. The Bertz CT molecular complexity index is 239. The third-order valence-corrected chi connectivity index (χ3v) is 2.79. The van der Waals surface area contributed by atoms with E-state index < -0.39 is 0 Å². The average molecular weight is 162 g/mol. The molecule has 2 aliphatic rings. The molecular formula is C10H14N2. The van der Waals surface area contributed by atoms with Crippen LogP contribution in [0.25, 0.3) is 0 Å². The molecule has 0 spiro atoms. The summed E-state index contributed by atoms with van der Waals surface area (Å²) >= 11 is 0. The van der Waals surface area contributed by atoms with Gasteiger partial charge in [0.2, 0.25) is 0 Å². The number of rotatable bonds is 0. The first-order chi connectivity index (χ1) is 5.72. The maximum absolute atomic E-state index is 4.02. The summed E-state index contributed by atoms with van der Waals surface area (Å²) in [6.07, 6.45) is 8.65. The van der Waals surface area contributed by atoms with Crippen molar-refractivity contribution >= 4 is 0 Å². The third-order valence-electron chi connectivity index (χ3n) is 2.79. The van der Waals surface area contributed by atoms with Crippen LogP contribution in [0.4, 0.5) is 0 Å². The Labute approximate surface area is 73.5 Å². The fraction of sp³-hybridized carbons (Fsp3) is 0.400. The Morgan fingerprint density at radius 2 is 1.50 bits per heavy atom. The molecule has 1 aliphatic heterocycles. The van der Waals surface area contributed by atoms with Crippen LogP contribution in [0.1, 0.15) is 0 Å². The normalized spacial score (nSPS) is 33.0. The van der Waals surface area contributed by atoms with Gasteiger partial charge in [-0.15, -0.1) is 0 Å². The molecule has 1 fully saturated rings. The topological polar surface area (TPSA) is 6.48 Å². The van der Waals surface area contributed by atoms with Crippen LogP contribution >= 0.6 is 0 Å². The van der Waals surface area contributed by atoms with E-state index in [1.807, 2.05) is 0 Å². The van der Waals surface area contributed by atoms with Gasteiger partial charge in [0.25, 0.3) is 0 Å². The lowest BCUT2D eigenvalue weighted by Gasteiger charge is -2.21. The van der Waals surface area contributed by atoms with Crippen LogP contribution < -0.4 is 0 Å². The second-order valence-electron chi connectivity index (χ2n) is 3.39. The van der Waals surface area contributed by atoms with Gasteiger partial charge in [0.1, 0.15) is 0 Å². The van der Waals surface area contributed by atoms with E-state index in [4.69, 9.17) is 0 Å². The molecule has 2 rings (SSSR count). The van der Waals surface area contributed by atoms with Crippen LogP contribution in [0.15, 0.2) is 36.7 Å². The van der Waals surface area contributed by atoms with Gasteiger partial charge in [0.05, 0.1) is 17.9 Å². The van der Waals surface area contributed by atoms with Gasteiger partial charge in [-0.2, -0.15) is 0 Å². The van der Waals surface area contributed by atoms with Gasteiger partial charge in [-0.25, -0.2) is 0 Å². The fourth-order valence-electron chi connectivity index (χ4n) is 1.89. The zero-order valence-corrected chi connectivity index (χ0v) is 7.57. The zero-order chi connectivity index (χ0) is 8.72. The van der Waals surface area contributed by atoms with Gasteiger partial charge in [-0.3, -0.25) is 0 Å². The quantitative estimate of drug-likeness (QED) is 0.528. The summed E-state index contributed by atoms with van der Waals surface area (Å²) in [5, 5.41) is 0. The minimum Gasteiger partial charge on any atom is -0.353 e. The van der Waals surface area contributed by atoms with E-state index in [2.05, 4.69) is 54.8 Å². The molecule has 12 heavy (non-hydrogen) atoms. The summed E-state index contributed by atoms with van der Waals surface area (Å²) in [6, 6.07) is 0.958. The summed E-state index contributed by atoms with van der Waals surface area (Å²) in [4.78, 5) is 4.43. The number of allylic oxidation sites excluding steroid dienone is 2. The SMILES string of the molecule is C=C1N(C)C2C=CC=CC2N1C. The van der Waals surface area contributed by atoms with Crippen molar-refractivity contribution in [2.45, 2.75) is 12.1 Å². The smallest absolute Gasteiger partial charge is 0.0971 e. The van der Waals surface area contributed by atoms with Gasteiger partial charge in [-0.1, -0.05) is 30.9 Å². The van der Waals surface area contributed by atoms with Crippen LogP contribution in [0.3, 0.4) is 0 Å². The Morgan fingerprint density at radius 1 is 1.08 bits per heavy atom. The van der Waals surface area contributed by atoms with E-state index in [1.54, 1.807) is 0 Å². The van der Waals surface area contributed by atoms with E-state index in [0.717, 1.165) is 5.82 Å². The summed E-state index contributed by atoms with van der Waals surface area (Å²) in [5.74, 6) is 1.10. The Kier molecular flexibility index (Phi) is 1.50. The maximum Gasteiger partial charge on any atom is 0.0971 e. The largest absolute Gasteiger partial charge is 0.353 e. The zero-order valence-electron chi connectivity index (χ0n) is 7.57. The minimum atomic E-state index is 0.479. The van der Waals surface area contributed by atoms with Gasteiger partial charge >= 0.3 is 0 Å². The Hall–Kier alpha value is -1.18. The van der Waals surface area contributed by atoms with E-state index >= 15 is 0 Å². The summed E-state index contributed by atoms with van der Waals surface area (Å²) < 4.78 is 0. The van der Waals surface area contributed by atoms with E-state index in [-0.39, 0.29) is 0 Å². The van der Waals surface area contributed by atoms with Crippen LogP contribution in [-0.2, 0) is 0 Å². The lowest BCUT2D eigenvalue weighted by Crippen LogP contribution is -2.32. The Balaban J connectivity index is 2.33. The van der Waals surface area contributed by atoms with E-state index in [9.17, 15) is 0 Å². The molecule has 0 amide bonds. The lowest BCUT2D eigenvalue weighted by molar-refractivity contribution is 0.400. The first-order valence-electron chi connectivity index (χ1n) is 4.21. The van der Waals surface area contributed by atoms with Crippen LogP contribution in [-0.4, -0.2) is 36.0 Å². The third kappa shape index (κ3) is 0.809. The van der Waals surface area contributed by atoms with Crippen molar-refractivity contribution in [3.05, 3.63) is 36.7 Å². The number of nitrogens with zero attached hydrogens (tertiary/aromatic N) is 2. The predicted octanol–water partition coefficient (Wildman–Crippen LogP) is 1.20. The van der Waals surface area contributed by atoms with Crippen LogP contribution in [0, 0.1) is 0 Å². The van der Waals surface area contributed by atoms with Crippen molar-refractivity contribution < 1.29 is 0 Å². The van der Waals surface area contributed by atoms with Crippen LogP contribution in [0.2, 0.25) is 0 Å². The number of fused-ring (bicyclic) bond motifs is 1. The van der Waals surface area contributed by atoms with Crippen molar-refractivity contribution in [2.75, 3.05) is 14.1 Å². The van der Waals surface area contributed by atoms with E-state index in [0.29, 0.717) is 12.1 Å². The summed E-state index contributed by atoms with van der Waals surface area (Å²) in [5.41, 5.74) is 0. The molecule has 0 aromatic carbocycles. The van der Waals surface area contributed by atoms with E-state index in [1.165, 1.54) is 0 Å². The fourth-order valence-corrected chi connectivity index (χ4v) is 1.89. The molecule has 0 saturated carbocycles. The van der Waals surface area contributed by atoms with Gasteiger partial charge in [-0.05, 0) is 0 Å². The van der Waals surface area contributed by atoms with Crippen LogP contribution in [0.5, 0.6) is 0 Å². The van der Waals surface area contributed by atoms with Crippen molar-refractivity contribution in [1.29, 1.82) is 0 Å². The van der Waals surface area contributed by atoms with Crippen molar-refractivity contribution in [2.24, 2.45) is 0 Å². The molecule has 1 saturated heterocycles. The summed E-state index contributed by atoms with van der Waals surface area (Å²) in [6.45, 7) is 4.02. The molecule has 2 nitrogen and oxygen atoms in total. The highest BCUT2D eigenvalue weighted by Crippen LogP contribution is 2.28. The molecule has 2 heteroatoms. The Morgan fingerprint density at radius 3 is 1.92 bits per heavy atom. The number of likely N-dealkylation sites (N-methyl/N-ethyl adjacent to an activating group) is 2. The highest BCUT2D eigenvalue weighted by molar-refractivity contribution is 5.27. The van der Waals surface area contributed by atoms with Crippen molar-refractivity contribution in [3.8, 4) is 0 Å². The van der Waals surface area contributed by atoms with Gasteiger partial charge in [0, 0.05) is 14.1 Å². The maximum atomic E-state index is 4.02. The molecule has 0 radical (unpaired) electrons. The second kappa shape index (κ2) is 2.41.